The summed E-state index contributed by atoms with van der Waals surface area (Å²) in [6.45, 7) is 0.245. The summed E-state index contributed by atoms with van der Waals surface area (Å²) in [7, 11) is 1.37. The van der Waals surface area contributed by atoms with Gasteiger partial charge in [-0.3, -0.25) is 9.59 Å². The molecule has 1 fully saturated rings. The number of carbonyl (C=O) groups is 1. The van der Waals surface area contributed by atoms with Crippen molar-refractivity contribution in [2.24, 2.45) is 5.41 Å². The van der Waals surface area contributed by atoms with E-state index in [1.807, 2.05) is 0 Å². The second kappa shape index (κ2) is 4.67. The molecule has 0 radical (unpaired) electrons. The molecule has 98 valence electrons. The molecule has 7 nitrogen and oxygen atoms in total. The number of ether oxygens (including phenoxy) is 1. The summed E-state index contributed by atoms with van der Waals surface area (Å²) in [6, 6.07) is 0. The summed E-state index contributed by atoms with van der Waals surface area (Å²) in [4.78, 5) is 29.0. The summed E-state index contributed by atoms with van der Waals surface area (Å²) in [6.07, 6.45) is 3.44. The van der Waals surface area contributed by atoms with Gasteiger partial charge in [-0.1, -0.05) is 6.42 Å². The first-order chi connectivity index (χ1) is 8.59. The fraction of sp³-hybridized carbons (Fsp3) is 0.545. The van der Waals surface area contributed by atoms with Crippen molar-refractivity contribution in [3.63, 3.8) is 0 Å². The number of aliphatic carboxylic acids is 1. The third kappa shape index (κ3) is 2.03. The zero-order valence-corrected chi connectivity index (χ0v) is 10.0. The van der Waals surface area contributed by atoms with Crippen LogP contribution in [0, 0.1) is 5.41 Å². The van der Waals surface area contributed by atoms with Crippen LogP contribution >= 0.6 is 0 Å². The molecule has 1 aromatic heterocycles. The largest absolute Gasteiger partial charge is 0.489 e. The average Bonchev–Trinajstić information content (AvgIpc) is 2.27. The van der Waals surface area contributed by atoms with Gasteiger partial charge in [0, 0.05) is 6.54 Å². The van der Waals surface area contributed by atoms with Crippen molar-refractivity contribution in [1.82, 2.24) is 9.97 Å². The lowest BCUT2D eigenvalue weighted by Crippen LogP contribution is -2.43. The van der Waals surface area contributed by atoms with Crippen molar-refractivity contribution in [2.75, 3.05) is 19.0 Å². The van der Waals surface area contributed by atoms with Gasteiger partial charge in [0.1, 0.15) is 0 Å². The second-order valence-corrected chi connectivity index (χ2v) is 4.41. The van der Waals surface area contributed by atoms with Crippen molar-refractivity contribution in [2.45, 2.75) is 19.3 Å². The van der Waals surface area contributed by atoms with Gasteiger partial charge in [-0.05, 0) is 12.8 Å². The maximum Gasteiger partial charge on any atom is 0.311 e. The molecule has 0 amide bonds. The second-order valence-electron chi connectivity index (χ2n) is 4.41. The van der Waals surface area contributed by atoms with Crippen molar-refractivity contribution >= 4 is 11.8 Å². The molecule has 1 saturated carbocycles. The number of carboxylic acids is 1. The Kier molecular flexibility index (Phi) is 3.22. The molecular formula is C11H15N3O4. The lowest BCUT2D eigenvalue weighted by molar-refractivity contribution is -0.153. The van der Waals surface area contributed by atoms with E-state index in [0.717, 1.165) is 6.42 Å². The van der Waals surface area contributed by atoms with Crippen LogP contribution in [0.2, 0.25) is 0 Å². The van der Waals surface area contributed by atoms with Crippen LogP contribution in [0.4, 0.5) is 5.82 Å². The Morgan fingerprint density at radius 3 is 2.89 bits per heavy atom. The minimum Gasteiger partial charge on any atom is -0.489 e. The summed E-state index contributed by atoms with van der Waals surface area (Å²) in [5.74, 6) is -0.476. The number of nitrogens with one attached hydrogen (secondary N) is 2. The van der Waals surface area contributed by atoms with E-state index >= 15 is 0 Å². The van der Waals surface area contributed by atoms with E-state index < -0.39 is 16.9 Å². The lowest BCUT2D eigenvalue weighted by atomic mass is 9.69. The Hall–Kier alpha value is -2.05. The van der Waals surface area contributed by atoms with E-state index in [0.29, 0.717) is 12.8 Å². The first-order valence-corrected chi connectivity index (χ1v) is 5.68. The summed E-state index contributed by atoms with van der Waals surface area (Å²) < 4.78 is 4.94. The highest BCUT2D eigenvalue weighted by molar-refractivity contribution is 5.76. The minimum absolute atomic E-state index is 0.0670. The predicted molar refractivity (Wildman–Crippen MR) is 63.8 cm³/mol. The van der Waals surface area contributed by atoms with Crippen LogP contribution in [0.3, 0.4) is 0 Å². The minimum atomic E-state index is -0.815. The zero-order valence-electron chi connectivity index (χ0n) is 10.0. The molecule has 2 rings (SSSR count). The van der Waals surface area contributed by atoms with Gasteiger partial charge in [0.25, 0.3) is 5.56 Å². The van der Waals surface area contributed by atoms with Crippen LogP contribution in [0.15, 0.2) is 11.1 Å². The van der Waals surface area contributed by atoms with Crippen LogP contribution in [0.25, 0.3) is 0 Å². The van der Waals surface area contributed by atoms with E-state index in [1.54, 1.807) is 0 Å². The Bertz CT molecular complexity index is 507. The topological polar surface area (TPSA) is 104 Å². The number of anilines is 1. The molecule has 0 bridgehead atoms. The number of rotatable bonds is 5. The molecule has 1 aromatic rings. The third-order valence-corrected chi connectivity index (χ3v) is 3.37. The molecule has 0 unspecified atom stereocenters. The highest BCUT2D eigenvalue weighted by Gasteiger charge is 2.44. The highest BCUT2D eigenvalue weighted by atomic mass is 16.5. The molecule has 0 spiro atoms. The predicted octanol–water partition coefficient (Wildman–Crippen LogP) is 0.445. The Morgan fingerprint density at radius 2 is 2.39 bits per heavy atom. The van der Waals surface area contributed by atoms with Crippen molar-refractivity contribution in [3.8, 4) is 5.75 Å². The molecule has 1 aliphatic carbocycles. The molecule has 0 saturated heterocycles. The van der Waals surface area contributed by atoms with E-state index in [2.05, 4.69) is 15.3 Å². The summed E-state index contributed by atoms with van der Waals surface area (Å²) in [5, 5.41) is 12.1. The number of methoxy groups -OCH3 is 1. The van der Waals surface area contributed by atoms with Gasteiger partial charge >= 0.3 is 5.97 Å². The molecule has 1 heterocycles. The van der Waals surface area contributed by atoms with Crippen molar-refractivity contribution in [3.05, 3.63) is 16.7 Å². The fourth-order valence-electron chi connectivity index (χ4n) is 2.03. The summed E-state index contributed by atoms with van der Waals surface area (Å²) in [5.41, 5.74) is -1.14. The number of aromatic amines is 1. The molecule has 7 heteroatoms. The number of hydrogen-bond acceptors (Lipinski definition) is 5. The number of H-pyrrole nitrogens is 1. The Balaban J connectivity index is 2.13. The van der Waals surface area contributed by atoms with Gasteiger partial charge in [-0.2, -0.15) is 0 Å². The fourth-order valence-corrected chi connectivity index (χ4v) is 2.03. The molecular weight excluding hydrogens is 238 g/mol. The summed E-state index contributed by atoms with van der Waals surface area (Å²) >= 11 is 0. The van der Waals surface area contributed by atoms with Crippen LogP contribution in [0.5, 0.6) is 5.75 Å². The number of aromatic nitrogens is 2. The number of hydrogen-bond donors (Lipinski definition) is 3. The lowest BCUT2D eigenvalue weighted by Gasteiger charge is -2.37. The van der Waals surface area contributed by atoms with Gasteiger partial charge in [-0.25, -0.2) is 4.98 Å². The monoisotopic (exact) mass is 253 g/mol. The maximum absolute atomic E-state index is 11.4. The average molecular weight is 253 g/mol. The van der Waals surface area contributed by atoms with E-state index in [-0.39, 0.29) is 18.1 Å². The zero-order chi connectivity index (χ0) is 13.2. The molecule has 3 N–H and O–H groups in total. The van der Waals surface area contributed by atoms with Gasteiger partial charge in [0.2, 0.25) is 5.75 Å². The van der Waals surface area contributed by atoms with Gasteiger partial charge in [0.05, 0.1) is 18.9 Å². The number of nitrogens with zero attached hydrogens (tertiary/aromatic N) is 1. The van der Waals surface area contributed by atoms with Crippen LogP contribution in [-0.4, -0.2) is 34.7 Å². The van der Waals surface area contributed by atoms with Crippen LogP contribution in [0.1, 0.15) is 19.3 Å². The third-order valence-electron chi connectivity index (χ3n) is 3.37. The first kappa shape index (κ1) is 12.4. The number of carboxylic acid groups (broad SMARTS) is 1. The molecule has 0 aliphatic heterocycles. The van der Waals surface area contributed by atoms with Gasteiger partial charge in [-0.15, -0.1) is 0 Å². The van der Waals surface area contributed by atoms with E-state index in [9.17, 15) is 14.7 Å². The standard InChI is InChI=1S/C11H15N3O4/c1-18-7-8(13-6-14-9(7)15)12-5-11(10(16)17)3-2-4-11/h6H,2-5H2,1H3,(H,16,17)(H2,12,13,14,15). The van der Waals surface area contributed by atoms with E-state index in [4.69, 9.17) is 4.74 Å². The van der Waals surface area contributed by atoms with Gasteiger partial charge < -0.3 is 20.1 Å². The molecule has 18 heavy (non-hydrogen) atoms. The molecule has 0 aromatic carbocycles. The smallest absolute Gasteiger partial charge is 0.311 e. The van der Waals surface area contributed by atoms with Crippen LogP contribution in [-0.2, 0) is 4.79 Å². The normalized spacial score (nSPS) is 16.7. The highest BCUT2D eigenvalue weighted by Crippen LogP contribution is 2.41. The van der Waals surface area contributed by atoms with Crippen molar-refractivity contribution in [1.29, 1.82) is 0 Å². The van der Waals surface area contributed by atoms with Crippen molar-refractivity contribution < 1.29 is 14.6 Å². The Labute approximate surface area is 103 Å². The van der Waals surface area contributed by atoms with E-state index in [1.165, 1.54) is 13.4 Å². The SMILES string of the molecule is COc1c(NCC2(C(=O)O)CCC2)nc[nH]c1=O. The van der Waals surface area contributed by atoms with Crippen LogP contribution < -0.4 is 15.6 Å². The maximum atomic E-state index is 11.4. The first-order valence-electron chi connectivity index (χ1n) is 5.68. The quantitative estimate of drug-likeness (QED) is 0.703. The molecule has 1 aliphatic rings. The molecule has 0 atom stereocenters. The van der Waals surface area contributed by atoms with Gasteiger partial charge in [0.15, 0.2) is 5.82 Å². The Morgan fingerprint density at radius 1 is 1.67 bits per heavy atom.